The van der Waals surface area contributed by atoms with Crippen molar-refractivity contribution < 1.29 is 9.59 Å². The lowest BCUT2D eigenvalue weighted by atomic mass is 9.99. The van der Waals surface area contributed by atoms with Crippen molar-refractivity contribution in [2.75, 3.05) is 26.2 Å². The summed E-state index contributed by atoms with van der Waals surface area (Å²) in [6.07, 6.45) is 4.56. The molecule has 2 aliphatic heterocycles. The molecule has 0 radical (unpaired) electrons. The zero-order chi connectivity index (χ0) is 18.5. The van der Waals surface area contributed by atoms with E-state index in [0.717, 1.165) is 24.7 Å². The van der Waals surface area contributed by atoms with E-state index in [0.29, 0.717) is 32.1 Å². The Kier molecular flexibility index (Phi) is 6.25. The molecular weight excluding hydrogens is 328 g/mol. The van der Waals surface area contributed by atoms with E-state index in [2.05, 4.69) is 29.0 Å². The lowest BCUT2D eigenvalue weighted by Gasteiger charge is -2.35. The second-order valence-electron chi connectivity index (χ2n) is 7.83. The van der Waals surface area contributed by atoms with Crippen molar-refractivity contribution in [3.63, 3.8) is 0 Å². The minimum absolute atomic E-state index is 0.00113. The average molecular weight is 358 g/mol. The van der Waals surface area contributed by atoms with Crippen molar-refractivity contribution in [1.82, 2.24) is 20.1 Å². The Bertz CT molecular complexity index is 621. The largest absolute Gasteiger partial charge is 0.354 e. The van der Waals surface area contributed by atoms with E-state index in [9.17, 15) is 9.59 Å². The molecule has 2 saturated heterocycles. The van der Waals surface area contributed by atoms with Crippen LogP contribution < -0.4 is 5.32 Å². The maximum Gasteiger partial charge on any atom is 0.225 e. The number of pyridine rings is 1. The molecule has 1 aromatic heterocycles. The number of carbonyl (C=O) groups is 2. The summed E-state index contributed by atoms with van der Waals surface area (Å²) in [4.78, 5) is 33.2. The van der Waals surface area contributed by atoms with Crippen LogP contribution in [0.15, 0.2) is 24.4 Å². The van der Waals surface area contributed by atoms with Crippen molar-refractivity contribution in [2.45, 2.75) is 45.7 Å². The van der Waals surface area contributed by atoms with Gasteiger partial charge in [-0.05, 0) is 44.4 Å². The first-order chi connectivity index (χ1) is 12.5. The second-order valence-corrected chi connectivity index (χ2v) is 7.83. The normalized spacial score (nSPS) is 25.3. The molecule has 2 aliphatic rings. The van der Waals surface area contributed by atoms with Gasteiger partial charge in [0.05, 0.1) is 18.2 Å². The fraction of sp³-hybridized carbons (Fsp3) is 0.650. The number of hydrogen-bond donors (Lipinski definition) is 1. The molecule has 0 saturated carbocycles. The topological polar surface area (TPSA) is 65.5 Å². The zero-order valence-electron chi connectivity index (χ0n) is 15.9. The molecule has 0 spiro atoms. The lowest BCUT2D eigenvalue weighted by molar-refractivity contribution is -0.129. The van der Waals surface area contributed by atoms with Gasteiger partial charge in [0.15, 0.2) is 0 Å². The molecule has 26 heavy (non-hydrogen) atoms. The molecule has 3 rings (SSSR count). The standard InChI is InChI=1S/C20H30N4O2/c1-15-6-5-9-23(12-15)16(2)11-22-20(26)17-10-19(25)24(13-17)14-18-7-3-4-8-21-18/h3-4,7-8,15-17H,5-6,9-14H2,1-2H3,(H,22,26). The molecule has 0 aliphatic carbocycles. The lowest BCUT2D eigenvalue weighted by Crippen LogP contribution is -2.47. The quantitative estimate of drug-likeness (QED) is 0.840. The molecule has 142 valence electrons. The number of amides is 2. The van der Waals surface area contributed by atoms with E-state index < -0.39 is 0 Å². The number of carbonyl (C=O) groups excluding carboxylic acids is 2. The van der Waals surface area contributed by atoms with Gasteiger partial charge in [-0.1, -0.05) is 13.0 Å². The van der Waals surface area contributed by atoms with Crippen LogP contribution in [0.3, 0.4) is 0 Å². The molecule has 3 atom stereocenters. The smallest absolute Gasteiger partial charge is 0.225 e. The predicted molar refractivity (Wildman–Crippen MR) is 100 cm³/mol. The van der Waals surface area contributed by atoms with E-state index in [1.165, 1.54) is 12.8 Å². The number of nitrogens with one attached hydrogen (secondary N) is 1. The SMILES string of the molecule is CC1CCCN(C(C)CNC(=O)C2CC(=O)N(Cc3ccccn3)C2)C1. The van der Waals surface area contributed by atoms with E-state index >= 15 is 0 Å². The van der Waals surface area contributed by atoms with Crippen LogP contribution in [0.4, 0.5) is 0 Å². The Balaban J connectivity index is 1.45. The number of rotatable bonds is 6. The maximum atomic E-state index is 12.5. The molecule has 0 bridgehead atoms. The van der Waals surface area contributed by atoms with Gasteiger partial charge in [-0.15, -0.1) is 0 Å². The van der Waals surface area contributed by atoms with E-state index in [-0.39, 0.29) is 17.7 Å². The molecule has 3 unspecified atom stereocenters. The van der Waals surface area contributed by atoms with Gasteiger partial charge in [0.2, 0.25) is 11.8 Å². The number of hydrogen-bond acceptors (Lipinski definition) is 4. The van der Waals surface area contributed by atoms with Crippen LogP contribution >= 0.6 is 0 Å². The monoisotopic (exact) mass is 358 g/mol. The molecule has 2 amide bonds. The average Bonchev–Trinajstić information content (AvgIpc) is 3.01. The highest BCUT2D eigenvalue weighted by Gasteiger charge is 2.34. The van der Waals surface area contributed by atoms with Gasteiger partial charge in [-0.3, -0.25) is 19.5 Å². The molecule has 1 N–H and O–H groups in total. The van der Waals surface area contributed by atoms with Crippen molar-refractivity contribution >= 4 is 11.8 Å². The van der Waals surface area contributed by atoms with Crippen LogP contribution in [0.2, 0.25) is 0 Å². The first-order valence-corrected chi connectivity index (χ1v) is 9.72. The van der Waals surface area contributed by atoms with Gasteiger partial charge >= 0.3 is 0 Å². The third-order valence-corrected chi connectivity index (χ3v) is 5.55. The fourth-order valence-corrected chi connectivity index (χ4v) is 3.94. The van der Waals surface area contributed by atoms with Crippen LogP contribution in [0, 0.1) is 11.8 Å². The first-order valence-electron chi connectivity index (χ1n) is 9.72. The van der Waals surface area contributed by atoms with E-state index in [1.54, 1.807) is 11.1 Å². The minimum atomic E-state index is -0.251. The fourth-order valence-electron chi connectivity index (χ4n) is 3.94. The van der Waals surface area contributed by atoms with Crippen LogP contribution in [-0.2, 0) is 16.1 Å². The van der Waals surface area contributed by atoms with Gasteiger partial charge in [-0.25, -0.2) is 0 Å². The minimum Gasteiger partial charge on any atom is -0.354 e. The third kappa shape index (κ3) is 4.81. The van der Waals surface area contributed by atoms with Crippen molar-refractivity contribution in [1.29, 1.82) is 0 Å². The summed E-state index contributed by atoms with van der Waals surface area (Å²) < 4.78 is 0. The number of likely N-dealkylation sites (tertiary alicyclic amines) is 2. The number of piperidine rings is 1. The molecule has 0 aromatic carbocycles. The van der Waals surface area contributed by atoms with Gasteiger partial charge in [0.25, 0.3) is 0 Å². The second kappa shape index (κ2) is 8.62. The van der Waals surface area contributed by atoms with Crippen LogP contribution in [0.25, 0.3) is 0 Å². The van der Waals surface area contributed by atoms with Crippen molar-refractivity contribution in [3.05, 3.63) is 30.1 Å². The van der Waals surface area contributed by atoms with E-state index in [4.69, 9.17) is 0 Å². The predicted octanol–water partition coefficient (Wildman–Crippen LogP) is 1.67. The Labute approximate surface area is 156 Å². The highest BCUT2D eigenvalue weighted by molar-refractivity contribution is 5.89. The molecule has 6 nitrogen and oxygen atoms in total. The molecule has 2 fully saturated rings. The molecule has 1 aromatic rings. The molecular formula is C20H30N4O2. The summed E-state index contributed by atoms with van der Waals surface area (Å²) in [5.74, 6) is 0.515. The highest BCUT2D eigenvalue weighted by Crippen LogP contribution is 2.20. The summed E-state index contributed by atoms with van der Waals surface area (Å²) in [6.45, 7) is 8.29. The Hall–Kier alpha value is -1.95. The molecule has 6 heteroatoms. The maximum absolute atomic E-state index is 12.5. The summed E-state index contributed by atoms with van der Waals surface area (Å²) >= 11 is 0. The van der Waals surface area contributed by atoms with E-state index in [1.807, 2.05) is 18.2 Å². The third-order valence-electron chi connectivity index (χ3n) is 5.55. The Morgan fingerprint density at radius 2 is 2.23 bits per heavy atom. The van der Waals surface area contributed by atoms with Gasteiger partial charge in [-0.2, -0.15) is 0 Å². The van der Waals surface area contributed by atoms with Crippen LogP contribution in [0.1, 0.15) is 38.8 Å². The first kappa shape index (κ1) is 18.8. The van der Waals surface area contributed by atoms with Crippen molar-refractivity contribution in [3.8, 4) is 0 Å². The molecule has 3 heterocycles. The Morgan fingerprint density at radius 1 is 1.38 bits per heavy atom. The van der Waals surface area contributed by atoms with Crippen LogP contribution in [0.5, 0.6) is 0 Å². The van der Waals surface area contributed by atoms with Crippen molar-refractivity contribution in [2.24, 2.45) is 11.8 Å². The summed E-state index contributed by atoms with van der Waals surface area (Å²) in [5.41, 5.74) is 0.856. The zero-order valence-corrected chi connectivity index (χ0v) is 15.9. The number of nitrogens with zero attached hydrogens (tertiary/aromatic N) is 3. The number of aromatic nitrogens is 1. The summed E-state index contributed by atoms with van der Waals surface area (Å²) in [5, 5.41) is 3.07. The van der Waals surface area contributed by atoms with Gasteiger partial charge in [0.1, 0.15) is 0 Å². The summed E-state index contributed by atoms with van der Waals surface area (Å²) in [6, 6.07) is 6.01. The van der Waals surface area contributed by atoms with Gasteiger partial charge < -0.3 is 10.2 Å². The summed E-state index contributed by atoms with van der Waals surface area (Å²) in [7, 11) is 0. The Morgan fingerprint density at radius 3 is 2.96 bits per heavy atom. The van der Waals surface area contributed by atoms with Crippen LogP contribution in [-0.4, -0.2) is 58.8 Å². The van der Waals surface area contributed by atoms with Gasteiger partial charge in [0, 0.05) is 38.3 Å². The highest BCUT2D eigenvalue weighted by atomic mass is 16.2.